The van der Waals surface area contributed by atoms with E-state index in [1.807, 2.05) is 0 Å². The first-order chi connectivity index (χ1) is 5.25. The van der Waals surface area contributed by atoms with E-state index < -0.39 is 0 Å². The predicted molar refractivity (Wildman–Crippen MR) is 43.6 cm³/mol. The van der Waals surface area contributed by atoms with Crippen LogP contribution in [0.25, 0.3) is 0 Å². The maximum absolute atomic E-state index is 9.85. The fourth-order valence-corrected chi connectivity index (χ4v) is 0.842. The summed E-state index contributed by atoms with van der Waals surface area (Å²) in [6, 6.07) is 4.88. The summed E-state index contributed by atoms with van der Waals surface area (Å²) in [6.07, 6.45) is 1.39. The summed E-state index contributed by atoms with van der Waals surface area (Å²) in [5.74, 6) is 0. The van der Waals surface area contributed by atoms with Crippen LogP contribution in [0.4, 0.5) is 11.4 Å². The summed E-state index contributed by atoms with van der Waals surface area (Å²) in [5, 5.41) is 0.390. The van der Waals surface area contributed by atoms with Gasteiger partial charge in [0.05, 0.1) is 10.7 Å². The number of isocyanates is 1. The summed E-state index contributed by atoms with van der Waals surface area (Å²) in [5.41, 5.74) is 6.12. The standard InChI is InChI=1S/C7H5ClN2O/c8-5-2-1-3-6(7(5)9)10-4-11/h1-3H,9H2. The molecule has 0 saturated heterocycles. The van der Waals surface area contributed by atoms with E-state index >= 15 is 0 Å². The number of nitrogens with zero attached hydrogens (tertiary/aromatic N) is 1. The van der Waals surface area contributed by atoms with Crippen molar-refractivity contribution >= 4 is 29.1 Å². The lowest BCUT2D eigenvalue weighted by atomic mass is 10.3. The topological polar surface area (TPSA) is 55.4 Å². The average Bonchev–Trinajstić information content (AvgIpc) is 1.99. The number of nitrogen functional groups attached to an aromatic ring is 1. The maximum atomic E-state index is 9.85. The van der Waals surface area contributed by atoms with E-state index in [0.717, 1.165) is 0 Å². The number of hydrogen-bond donors (Lipinski definition) is 1. The highest BCUT2D eigenvalue weighted by Crippen LogP contribution is 2.28. The third kappa shape index (κ3) is 1.58. The van der Waals surface area contributed by atoms with Crippen LogP contribution in [0.5, 0.6) is 0 Å². The number of anilines is 1. The number of nitrogens with two attached hydrogens (primary N) is 1. The van der Waals surface area contributed by atoms with Crippen molar-refractivity contribution in [3.05, 3.63) is 23.2 Å². The Morgan fingerprint density at radius 2 is 2.27 bits per heavy atom. The molecule has 1 aromatic rings. The smallest absolute Gasteiger partial charge is 0.240 e. The Morgan fingerprint density at radius 1 is 1.55 bits per heavy atom. The molecule has 1 aromatic carbocycles. The van der Waals surface area contributed by atoms with Crippen molar-refractivity contribution in [3.8, 4) is 0 Å². The van der Waals surface area contributed by atoms with Crippen LogP contribution < -0.4 is 5.73 Å². The van der Waals surface area contributed by atoms with Crippen molar-refractivity contribution in [3.63, 3.8) is 0 Å². The van der Waals surface area contributed by atoms with Crippen LogP contribution in [-0.4, -0.2) is 6.08 Å². The minimum atomic E-state index is 0.303. The largest absolute Gasteiger partial charge is 0.396 e. The van der Waals surface area contributed by atoms with Crippen LogP contribution in [0.2, 0.25) is 5.02 Å². The molecular formula is C7H5ClN2O. The third-order valence-electron chi connectivity index (χ3n) is 1.20. The number of hydrogen-bond acceptors (Lipinski definition) is 3. The van der Waals surface area contributed by atoms with Crippen LogP contribution in [0.3, 0.4) is 0 Å². The molecule has 0 heterocycles. The second-order valence-corrected chi connectivity index (χ2v) is 2.28. The summed E-state index contributed by atoms with van der Waals surface area (Å²) < 4.78 is 0. The van der Waals surface area contributed by atoms with Gasteiger partial charge in [-0.05, 0) is 12.1 Å². The fourth-order valence-electron chi connectivity index (χ4n) is 0.672. The number of rotatable bonds is 1. The second kappa shape index (κ2) is 3.19. The van der Waals surface area contributed by atoms with Gasteiger partial charge in [0.1, 0.15) is 5.69 Å². The number of benzene rings is 1. The predicted octanol–water partition coefficient (Wildman–Crippen LogP) is 1.89. The quantitative estimate of drug-likeness (QED) is 0.396. The van der Waals surface area contributed by atoms with Gasteiger partial charge >= 0.3 is 0 Å². The molecule has 0 unspecified atom stereocenters. The summed E-state index contributed by atoms with van der Waals surface area (Å²) >= 11 is 5.63. The van der Waals surface area contributed by atoms with Gasteiger partial charge in [0.2, 0.25) is 6.08 Å². The van der Waals surface area contributed by atoms with Crippen molar-refractivity contribution < 1.29 is 4.79 Å². The molecule has 0 aliphatic rings. The van der Waals surface area contributed by atoms with E-state index in [4.69, 9.17) is 17.3 Å². The number of carbonyl (C=O) groups excluding carboxylic acids is 1. The van der Waals surface area contributed by atoms with E-state index in [0.29, 0.717) is 16.4 Å². The van der Waals surface area contributed by atoms with Crippen LogP contribution in [0.1, 0.15) is 0 Å². The molecule has 0 radical (unpaired) electrons. The van der Waals surface area contributed by atoms with Gasteiger partial charge in [0.25, 0.3) is 0 Å². The Bertz CT molecular complexity index is 318. The molecule has 11 heavy (non-hydrogen) atoms. The highest BCUT2D eigenvalue weighted by molar-refractivity contribution is 6.33. The molecular weight excluding hydrogens is 164 g/mol. The summed E-state index contributed by atoms with van der Waals surface area (Å²) in [6.45, 7) is 0. The van der Waals surface area contributed by atoms with Crippen molar-refractivity contribution in [2.45, 2.75) is 0 Å². The molecule has 0 aliphatic heterocycles. The molecule has 0 saturated carbocycles. The maximum Gasteiger partial charge on any atom is 0.240 e. The molecule has 0 bridgehead atoms. The van der Waals surface area contributed by atoms with E-state index in [2.05, 4.69) is 4.99 Å². The Kier molecular flexibility index (Phi) is 2.26. The van der Waals surface area contributed by atoms with Gasteiger partial charge in [-0.1, -0.05) is 17.7 Å². The molecule has 0 fully saturated rings. The highest BCUT2D eigenvalue weighted by atomic mass is 35.5. The molecule has 56 valence electrons. The zero-order chi connectivity index (χ0) is 8.27. The Labute approximate surface area is 68.5 Å². The molecule has 0 aromatic heterocycles. The van der Waals surface area contributed by atoms with Crippen LogP contribution in [0, 0.1) is 0 Å². The van der Waals surface area contributed by atoms with Gasteiger partial charge in [-0.3, -0.25) is 0 Å². The summed E-state index contributed by atoms with van der Waals surface area (Å²) in [7, 11) is 0. The molecule has 0 atom stereocenters. The van der Waals surface area contributed by atoms with Gasteiger partial charge in [-0.2, -0.15) is 4.99 Å². The molecule has 4 heteroatoms. The van der Waals surface area contributed by atoms with E-state index in [1.165, 1.54) is 6.08 Å². The van der Waals surface area contributed by atoms with Gasteiger partial charge in [0, 0.05) is 0 Å². The Balaban J connectivity index is 3.26. The van der Waals surface area contributed by atoms with Crippen LogP contribution >= 0.6 is 11.6 Å². The number of para-hydroxylation sites is 1. The van der Waals surface area contributed by atoms with Crippen molar-refractivity contribution in [1.29, 1.82) is 0 Å². The lowest BCUT2D eigenvalue weighted by molar-refractivity contribution is 0.565. The van der Waals surface area contributed by atoms with Crippen molar-refractivity contribution in [2.75, 3.05) is 5.73 Å². The van der Waals surface area contributed by atoms with E-state index in [1.54, 1.807) is 18.2 Å². The van der Waals surface area contributed by atoms with Gasteiger partial charge in [-0.25, -0.2) is 4.79 Å². The monoisotopic (exact) mass is 168 g/mol. The number of halogens is 1. The zero-order valence-electron chi connectivity index (χ0n) is 5.54. The molecule has 0 spiro atoms. The van der Waals surface area contributed by atoms with Gasteiger partial charge in [0.15, 0.2) is 0 Å². The SMILES string of the molecule is Nc1c(Cl)cccc1N=C=O. The van der Waals surface area contributed by atoms with Crippen LogP contribution in [0.15, 0.2) is 23.2 Å². The first-order valence-electron chi connectivity index (χ1n) is 2.87. The molecule has 1 rings (SSSR count). The highest BCUT2D eigenvalue weighted by Gasteiger charge is 1.99. The average molecular weight is 169 g/mol. The van der Waals surface area contributed by atoms with E-state index in [-0.39, 0.29) is 0 Å². The van der Waals surface area contributed by atoms with Crippen molar-refractivity contribution in [1.82, 2.24) is 0 Å². The lowest BCUT2D eigenvalue weighted by Gasteiger charge is -1.98. The normalized spacial score (nSPS) is 8.82. The summed E-state index contributed by atoms with van der Waals surface area (Å²) in [4.78, 5) is 13.2. The van der Waals surface area contributed by atoms with Crippen LogP contribution in [-0.2, 0) is 4.79 Å². The van der Waals surface area contributed by atoms with E-state index in [9.17, 15) is 4.79 Å². The minimum Gasteiger partial charge on any atom is -0.396 e. The first-order valence-corrected chi connectivity index (χ1v) is 3.25. The minimum absolute atomic E-state index is 0.303. The molecule has 3 nitrogen and oxygen atoms in total. The number of aliphatic imine (C=N–C) groups is 1. The van der Waals surface area contributed by atoms with Gasteiger partial charge in [-0.15, -0.1) is 0 Å². The third-order valence-corrected chi connectivity index (χ3v) is 1.53. The van der Waals surface area contributed by atoms with Gasteiger partial charge < -0.3 is 5.73 Å². The molecule has 0 amide bonds. The Hall–Kier alpha value is -1.31. The van der Waals surface area contributed by atoms with Crippen molar-refractivity contribution in [2.24, 2.45) is 4.99 Å². The first kappa shape index (κ1) is 7.79. The fraction of sp³-hybridized carbons (Fsp3) is 0. The second-order valence-electron chi connectivity index (χ2n) is 1.88. The molecule has 0 aliphatic carbocycles. The molecule has 2 N–H and O–H groups in total. The zero-order valence-corrected chi connectivity index (χ0v) is 6.30. The Morgan fingerprint density at radius 3 is 2.91 bits per heavy atom. The lowest BCUT2D eigenvalue weighted by Crippen LogP contribution is -1.85.